The van der Waals surface area contributed by atoms with Crippen molar-refractivity contribution in [3.63, 3.8) is 0 Å². The summed E-state index contributed by atoms with van der Waals surface area (Å²) < 4.78 is 0. The second-order valence-corrected chi connectivity index (χ2v) is 3.48. The molecule has 0 aliphatic rings. The minimum Gasteiger partial charge on any atom is -0.477 e. The van der Waals surface area contributed by atoms with E-state index in [0.717, 1.165) is 22.6 Å². The molecule has 0 saturated heterocycles. The first kappa shape index (κ1) is 11.1. The first-order valence-electron chi connectivity index (χ1n) is 5.12. The van der Waals surface area contributed by atoms with Crippen LogP contribution in [0.5, 0.6) is 0 Å². The molecule has 0 aromatic heterocycles. The number of oxime groups is 1. The highest BCUT2D eigenvalue weighted by molar-refractivity contribution is 6.21. The van der Waals surface area contributed by atoms with Crippen LogP contribution in [0.3, 0.4) is 0 Å². The smallest absolute Gasteiger partial charge is 0.350 e. The van der Waals surface area contributed by atoms with Crippen LogP contribution < -0.4 is 0 Å². The summed E-state index contributed by atoms with van der Waals surface area (Å²) in [6.07, 6.45) is 0.727. The molecule has 86 valence electrons. The fraction of sp³-hybridized carbons (Fsp3) is 0.0769. The maximum atomic E-state index is 10.2. The van der Waals surface area contributed by atoms with Crippen LogP contribution in [0.2, 0.25) is 0 Å². The summed E-state index contributed by atoms with van der Waals surface area (Å²) in [5.74, 6) is -1.12. The van der Waals surface area contributed by atoms with Crippen LogP contribution >= 0.6 is 0 Å². The lowest BCUT2D eigenvalue weighted by atomic mass is 10.1. The average Bonchev–Trinajstić information content (AvgIpc) is 2.34. The van der Waals surface area contributed by atoms with Gasteiger partial charge in [0.1, 0.15) is 6.61 Å². The van der Waals surface area contributed by atoms with Crippen molar-refractivity contribution >= 4 is 23.0 Å². The van der Waals surface area contributed by atoms with Crippen LogP contribution in [0.4, 0.5) is 0 Å². The maximum absolute atomic E-state index is 10.2. The van der Waals surface area contributed by atoms with Crippen molar-refractivity contribution in [3.05, 3.63) is 48.0 Å². The number of nitrogens with zero attached hydrogens (tertiary/aromatic N) is 1. The highest BCUT2D eigenvalue weighted by Crippen LogP contribution is 2.18. The lowest BCUT2D eigenvalue weighted by Gasteiger charge is -2.04. The van der Waals surface area contributed by atoms with Gasteiger partial charge >= 0.3 is 5.97 Å². The van der Waals surface area contributed by atoms with Gasteiger partial charge in [-0.05, 0) is 16.3 Å². The van der Waals surface area contributed by atoms with Crippen molar-refractivity contribution in [1.29, 1.82) is 0 Å². The molecule has 2 rings (SSSR count). The molecule has 0 atom stereocenters. The van der Waals surface area contributed by atoms with Gasteiger partial charge in [-0.2, -0.15) is 0 Å². The molecule has 0 spiro atoms. The molecular formula is C13H11NO3. The zero-order valence-electron chi connectivity index (χ0n) is 9.04. The van der Waals surface area contributed by atoms with Gasteiger partial charge in [-0.25, -0.2) is 4.79 Å². The van der Waals surface area contributed by atoms with Gasteiger partial charge in [0, 0.05) is 0 Å². The number of benzene rings is 2. The van der Waals surface area contributed by atoms with Gasteiger partial charge in [-0.1, -0.05) is 47.6 Å². The summed E-state index contributed by atoms with van der Waals surface area (Å²) in [4.78, 5) is 15.1. The molecule has 0 amide bonds. The summed E-state index contributed by atoms with van der Waals surface area (Å²) in [6.45, 7) is 0.255. The normalized spacial score (nSPS) is 10.8. The SMILES string of the molecule is O=C(O)/C=N\OCc1cccc2ccccc12. The van der Waals surface area contributed by atoms with Crippen LogP contribution in [-0.4, -0.2) is 17.3 Å². The molecule has 4 heteroatoms. The third-order valence-corrected chi connectivity index (χ3v) is 2.34. The van der Waals surface area contributed by atoms with E-state index < -0.39 is 5.97 Å². The van der Waals surface area contributed by atoms with Gasteiger partial charge in [-0.3, -0.25) is 0 Å². The highest BCUT2D eigenvalue weighted by Gasteiger charge is 1.99. The number of carboxylic acids is 1. The largest absolute Gasteiger partial charge is 0.477 e. The zero-order valence-corrected chi connectivity index (χ0v) is 9.04. The van der Waals surface area contributed by atoms with Crippen molar-refractivity contribution in [3.8, 4) is 0 Å². The third-order valence-electron chi connectivity index (χ3n) is 2.34. The van der Waals surface area contributed by atoms with Crippen LogP contribution in [-0.2, 0) is 16.2 Å². The van der Waals surface area contributed by atoms with E-state index in [1.54, 1.807) is 0 Å². The van der Waals surface area contributed by atoms with E-state index in [-0.39, 0.29) is 6.61 Å². The molecule has 0 radical (unpaired) electrons. The molecule has 17 heavy (non-hydrogen) atoms. The van der Waals surface area contributed by atoms with E-state index in [4.69, 9.17) is 9.94 Å². The quantitative estimate of drug-likeness (QED) is 0.647. The molecule has 0 fully saturated rings. The number of hydrogen-bond acceptors (Lipinski definition) is 3. The lowest BCUT2D eigenvalue weighted by Crippen LogP contribution is -1.96. The number of carboxylic acid groups (broad SMARTS) is 1. The average molecular weight is 229 g/mol. The summed E-state index contributed by atoms with van der Waals surface area (Å²) in [7, 11) is 0. The summed E-state index contributed by atoms with van der Waals surface area (Å²) >= 11 is 0. The van der Waals surface area contributed by atoms with Gasteiger partial charge in [0.2, 0.25) is 0 Å². The van der Waals surface area contributed by atoms with Crippen LogP contribution in [0.15, 0.2) is 47.6 Å². The monoisotopic (exact) mass is 229 g/mol. The van der Waals surface area contributed by atoms with E-state index in [1.807, 2.05) is 42.5 Å². The van der Waals surface area contributed by atoms with Crippen molar-refractivity contribution in [2.24, 2.45) is 5.16 Å². The molecule has 0 aliphatic heterocycles. The number of fused-ring (bicyclic) bond motifs is 1. The van der Waals surface area contributed by atoms with Gasteiger partial charge in [0.15, 0.2) is 6.21 Å². The molecule has 0 aliphatic carbocycles. The molecule has 0 heterocycles. The number of rotatable bonds is 4. The first-order chi connectivity index (χ1) is 8.27. The van der Waals surface area contributed by atoms with Gasteiger partial charge in [-0.15, -0.1) is 0 Å². The van der Waals surface area contributed by atoms with Crippen molar-refractivity contribution in [1.82, 2.24) is 0 Å². The molecule has 0 bridgehead atoms. The van der Waals surface area contributed by atoms with Crippen molar-refractivity contribution in [2.75, 3.05) is 0 Å². The molecule has 1 N–H and O–H groups in total. The maximum Gasteiger partial charge on any atom is 0.350 e. The van der Waals surface area contributed by atoms with Crippen molar-refractivity contribution < 1.29 is 14.7 Å². The van der Waals surface area contributed by atoms with Crippen LogP contribution in [0, 0.1) is 0 Å². The molecule has 2 aromatic rings. The zero-order chi connectivity index (χ0) is 12.1. The number of carbonyl (C=O) groups is 1. The Kier molecular flexibility index (Phi) is 3.35. The molecule has 0 saturated carbocycles. The molecule has 4 nitrogen and oxygen atoms in total. The first-order valence-corrected chi connectivity index (χ1v) is 5.12. The van der Waals surface area contributed by atoms with Crippen LogP contribution in [0.1, 0.15) is 5.56 Å². The number of aliphatic carboxylic acids is 1. The molecular weight excluding hydrogens is 218 g/mol. The summed E-state index contributed by atoms with van der Waals surface area (Å²) in [6, 6.07) is 13.8. The van der Waals surface area contributed by atoms with E-state index in [2.05, 4.69) is 5.16 Å². The van der Waals surface area contributed by atoms with Gasteiger partial charge in [0.05, 0.1) is 0 Å². The predicted octanol–water partition coefficient (Wildman–Crippen LogP) is 2.43. The Morgan fingerprint density at radius 2 is 2.00 bits per heavy atom. The van der Waals surface area contributed by atoms with Crippen LogP contribution in [0.25, 0.3) is 10.8 Å². The predicted molar refractivity (Wildman–Crippen MR) is 64.9 cm³/mol. The Bertz CT molecular complexity index is 558. The Labute approximate surface area is 98.1 Å². The Morgan fingerprint density at radius 1 is 1.24 bits per heavy atom. The Balaban J connectivity index is 2.16. The van der Waals surface area contributed by atoms with Gasteiger partial charge < -0.3 is 9.94 Å². The van der Waals surface area contributed by atoms with E-state index in [0.29, 0.717) is 0 Å². The lowest BCUT2D eigenvalue weighted by molar-refractivity contribution is -0.129. The Morgan fingerprint density at radius 3 is 2.82 bits per heavy atom. The third kappa shape index (κ3) is 2.81. The highest BCUT2D eigenvalue weighted by atomic mass is 16.6. The minimum atomic E-state index is -1.12. The van der Waals surface area contributed by atoms with Crippen molar-refractivity contribution in [2.45, 2.75) is 6.61 Å². The second-order valence-electron chi connectivity index (χ2n) is 3.48. The second kappa shape index (κ2) is 5.12. The number of hydrogen-bond donors (Lipinski definition) is 1. The minimum absolute atomic E-state index is 0.255. The molecule has 2 aromatic carbocycles. The van der Waals surface area contributed by atoms with E-state index in [9.17, 15) is 4.79 Å². The summed E-state index contributed by atoms with van der Waals surface area (Å²) in [5, 5.41) is 13.9. The standard InChI is InChI=1S/C13H11NO3/c15-13(16)8-14-17-9-11-6-3-5-10-4-1-2-7-12(10)11/h1-8H,9H2,(H,15,16)/b14-8-. The van der Waals surface area contributed by atoms with Gasteiger partial charge in [0.25, 0.3) is 0 Å². The molecule has 0 unspecified atom stereocenters. The fourth-order valence-corrected chi connectivity index (χ4v) is 1.61. The fourth-order valence-electron chi connectivity index (χ4n) is 1.61. The Hall–Kier alpha value is -2.36. The summed E-state index contributed by atoms with van der Waals surface area (Å²) in [5.41, 5.74) is 0.977. The topological polar surface area (TPSA) is 58.9 Å². The van der Waals surface area contributed by atoms with E-state index in [1.165, 1.54) is 0 Å². The van der Waals surface area contributed by atoms with E-state index >= 15 is 0 Å².